The topological polar surface area (TPSA) is 65.4 Å². The highest BCUT2D eigenvalue weighted by Crippen LogP contribution is 2.33. The number of imidazole rings is 1. The highest BCUT2D eigenvalue weighted by molar-refractivity contribution is 5.80. The van der Waals surface area contributed by atoms with Gasteiger partial charge in [-0.05, 0) is 53.6 Å². The fourth-order valence-corrected chi connectivity index (χ4v) is 3.62. The summed E-state index contributed by atoms with van der Waals surface area (Å²) >= 11 is 0. The van der Waals surface area contributed by atoms with Crippen LogP contribution in [0.4, 0.5) is 0 Å². The van der Waals surface area contributed by atoms with E-state index in [0.29, 0.717) is 13.2 Å². The Labute approximate surface area is 180 Å². The smallest absolute Gasteiger partial charge is 0.138 e. The maximum atomic E-state index is 5.95. The van der Waals surface area contributed by atoms with Gasteiger partial charge in [0.2, 0.25) is 0 Å². The molecule has 0 radical (unpaired) electrons. The van der Waals surface area contributed by atoms with Gasteiger partial charge in [0.05, 0.1) is 11.4 Å². The fourth-order valence-electron chi connectivity index (χ4n) is 3.62. The number of ether oxygens (including phenoxy) is 1. The average Bonchev–Trinajstić information content (AvgIpc) is 3.23. The van der Waals surface area contributed by atoms with Crippen molar-refractivity contribution in [2.45, 2.75) is 13.2 Å². The van der Waals surface area contributed by atoms with E-state index in [1.165, 1.54) is 0 Å². The molecule has 0 aliphatic heterocycles. The van der Waals surface area contributed by atoms with Gasteiger partial charge in [-0.2, -0.15) is 0 Å². The van der Waals surface area contributed by atoms with E-state index in [2.05, 4.69) is 33.7 Å². The SMILES string of the molecule is NCc1ccc2nc(-c3ccccn3)c(-c3ccc(OCc4ccccc4)cc3)n2c1. The van der Waals surface area contributed by atoms with Crippen LogP contribution in [0.1, 0.15) is 11.1 Å². The van der Waals surface area contributed by atoms with Crippen LogP contribution in [0.2, 0.25) is 0 Å². The van der Waals surface area contributed by atoms with Gasteiger partial charge in [-0.15, -0.1) is 0 Å². The maximum Gasteiger partial charge on any atom is 0.138 e. The standard InChI is InChI=1S/C26H22N4O/c27-16-20-9-14-24-29-25(23-8-4-5-15-28-23)26(30(24)17-20)21-10-12-22(13-11-21)31-18-19-6-2-1-3-7-19/h1-15,17H,16,18,27H2. The van der Waals surface area contributed by atoms with Gasteiger partial charge in [0.15, 0.2) is 0 Å². The number of pyridine rings is 2. The highest BCUT2D eigenvalue weighted by atomic mass is 16.5. The first-order chi connectivity index (χ1) is 15.3. The number of aromatic nitrogens is 3. The number of nitrogens with zero attached hydrogens (tertiary/aromatic N) is 3. The number of rotatable bonds is 6. The number of benzene rings is 2. The van der Waals surface area contributed by atoms with Crippen molar-refractivity contribution in [1.29, 1.82) is 0 Å². The van der Waals surface area contributed by atoms with Crippen LogP contribution >= 0.6 is 0 Å². The van der Waals surface area contributed by atoms with Crippen LogP contribution in [0.3, 0.4) is 0 Å². The first-order valence-electron chi connectivity index (χ1n) is 10.2. The second-order valence-electron chi connectivity index (χ2n) is 7.29. The number of hydrogen-bond acceptors (Lipinski definition) is 4. The molecule has 0 amide bonds. The molecular formula is C26H22N4O. The van der Waals surface area contributed by atoms with Gasteiger partial charge < -0.3 is 10.5 Å². The normalized spacial score (nSPS) is 11.0. The van der Waals surface area contributed by atoms with Crippen molar-refractivity contribution in [2.75, 3.05) is 0 Å². The third kappa shape index (κ3) is 3.91. The Balaban J connectivity index is 1.53. The minimum atomic E-state index is 0.471. The minimum absolute atomic E-state index is 0.471. The van der Waals surface area contributed by atoms with Gasteiger partial charge in [0, 0.05) is 24.5 Å². The number of hydrogen-bond donors (Lipinski definition) is 1. The van der Waals surface area contributed by atoms with Crippen molar-refractivity contribution in [2.24, 2.45) is 5.73 Å². The quantitative estimate of drug-likeness (QED) is 0.426. The summed E-state index contributed by atoms with van der Waals surface area (Å²) in [7, 11) is 0. The largest absolute Gasteiger partial charge is 0.489 e. The van der Waals surface area contributed by atoms with Crippen LogP contribution in [0.25, 0.3) is 28.3 Å². The maximum absolute atomic E-state index is 5.95. The summed E-state index contributed by atoms with van der Waals surface area (Å²) in [6.45, 7) is 1.01. The van der Waals surface area contributed by atoms with Crippen LogP contribution in [0.5, 0.6) is 5.75 Å². The third-order valence-corrected chi connectivity index (χ3v) is 5.20. The van der Waals surface area contributed by atoms with Crippen molar-refractivity contribution in [3.05, 3.63) is 108 Å². The zero-order valence-corrected chi connectivity index (χ0v) is 17.0. The molecule has 5 aromatic rings. The molecule has 0 saturated carbocycles. The molecule has 5 nitrogen and oxygen atoms in total. The molecule has 152 valence electrons. The molecule has 0 aliphatic rings. The third-order valence-electron chi connectivity index (χ3n) is 5.20. The van der Waals surface area contributed by atoms with Gasteiger partial charge in [-0.1, -0.05) is 42.5 Å². The summed E-state index contributed by atoms with van der Waals surface area (Å²) in [6, 6.07) is 28.1. The van der Waals surface area contributed by atoms with Gasteiger partial charge in [-0.3, -0.25) is 9.38 Å². The molecule has 0 atom stereocenters. The highest BCUT2D eigenvalue weighted by Gasteiger charge is 2.17. The Morgan fingerprint density at radius 1 is 0.806 bits per heavy atom. The monoisotopic (exact) mass is 406 g/mol. The molecule has 0 unspecified atom stereocenters. The van der Waals surface area contributed by atoms with E-state index in [9.17, 15) is 0 Å². The summed E-state index contributed by atoms with van der Waals surface area (Å²) < 4.78 is 8.04. The lowest BCUT2D eigenvalue weighted by molar-refractivity contribution is 0.306. The van der Waals surface area contributed by atoms with Crippen LogP contribution in [0, 0.1) is 0 Å². The molecule has 31 heavy (non-hydrogen) atoms. The van der Waals surface area contributed by atoms with Crippen molar-refractivity contribution in [3.63, 3.8) is 0 Å². The Bertz CT molecular complexity index is 1300. The molecular weight excluding hydrogens is 384 g/mol. The second-order valence-corrected chi connectivity index (χ2v) is 7.29. The zero-order chi connectivity index (χ0) is 21.0. The average molecular weight is 406 g/mol. The lowest BCUT2D eigenvalue weighted by Crippen LogP contribution is -1.99. The molecule has 2 N–H and O–H groups in total. The summed E-state index contributed by atoms with van der Waals surface area (Å²) in [6.07, 6.45) is 3.83. The van der Waals surface area contributed by atoms with E-state index in [4.69, 9.17) is 15.5 Å². The van der Waals surface area contributed by atoms with Crippen molar-refractivity contribution in [1.82, 2.24) is 14.4 Å². The van der Waals surface area contributed by atoms with E-state index < -0.39 is 0 Å². The summed E-state index contributed by atoms with van der Waals surface area (Å²) in [5.74, 6) is 0.823. The zero-order valence-electron chi connectivity index (χ0n) is 17.0. The molecule has 0 aliphatic carbocycles. The van der Waals surface area contributed by atoms with Crippen LogP contribution in [-0.4, -0.2) is 14.4 Å². The summed E-state index contributed by atoms with van der Waals surface area (Å²) in [4.78, 5) is 9.39. The van der Waals surface area contributed by atoms with Crippen LogP contribution in [0.15, 0.2) is 97.3 Å². The predicted octanol–water partition coefficient (Wildman–Crippen LogP) is 5.10. The van der Waals surface area contributed by atoms with Crippen LogP contribution < -0.4 is 10.5 Å². The lowest BCUT2D eigenvalue weighted by Gasteiger charge is -2.09. The fraction of sp³-hybridized carbons (Fsp3) is 0.0769. The van der Waals surface area contributed by atoms with Crippen molar-refractivity contribution < 1.29 is 4.74 Å². The van der Waals surface area contributed by atoms with E-state index in [1.54, 1.807) is 6.20 Å². The van der Waals surface area contributed by atoms with Gasteiger partial charge in [0.25, 0.3) is 0 Å². The van der Waals surface area contributed by atoms with Crippen LogP contribution in [-0.2, 0) is 13.2 Å². The molecule has 3 aromatic heterocycles. The molecule has 3 heterocycles. The van der Waals surface area contributed by atoms with E-state index in [-0.39, 0.29) is 0 Å². The predicted molar refractivity (Wildman–Crippen MR) is 123 cm³/mol. The van der Waals surface area contributed by atoms with E-state index in [0.717, 1.165) is 45.2 Å². The molecule has 5 rings (SSSR count). The van der Waals surface area contributed by atoms with Crippen molar-refractivity contribution >= 4 is 5.65 Å². The molecule has 0 fully saturated rings. The lowest BCUT2D eigenvalue weighted by atomic mass is 10.1. The Morgan fingerprint density at radius 2 is 1.61 bits per heavy atom. The Hall–Kier alpha value is -3.96. The Kier molecular flexibility index (Phi) is 5.17. The summed E-state index contributed by atoms with van der Waals surface area (Å²) in [5.41, 5.74) is 12.6. The number of nitrogens with two attached hydrogens (primary N) is 1. The van der Waals surface area contributed by atoms with Gasteiger partial charge in [0.1, 0.15) is 23.7 Å². The molecule has 2 aromatic carbocycles. The molecule has 5 heteroatoms. The van der Waals surface area contributed by atoms with Gasteiger partial charge >= 0.3 is 0 Å². The van der Waals surface area contributed by atoms with E-state index >= 15 is 0 Å². The first-order valence-corrected chi connectivity index (χ1v) is 10.2. The number of fused-ring (bicyclic) bond motifs is 1. The second kappa shape index (κ2) is 8.42. The minimum Gasteiger partial charge on any atom is -0.489 e. The molecule has 0 spiro atoms. The van der Waals surface area contributed by atoms with E-state index in [1.807, 2.05) is 66.9 Å². The summed E-state index contributed by atoms with van der Waals surface area (Å²) in [5, 5.41) is 0. The molecule has 0 saturated heterocycles. The Morgan fingerprint density at radius 3 is 2.35 bits per heavy atom. The van der Waals surface area contributed by atoms with Crippen molar-refractivity contribution in [3.8, 4) is 28.4 Å². The molecule has 0 bridgehead atoms. The first kappa shape index (κ1) is 19.0. The van der Waals surface area contributed by atoms with Gasteiger partial charge in [-0.25, -0.2) is 4.98 Å².